The van der Waals surface area contributed by atoms with Gasteiger partial charge in [0, 0.05) is 33.5 Å². The van der Waals surface area contributed by atoms with Crippen LogP contribution in [0.4, 0.5) is 11.4 Å². The van der Waals surface area contributed by atoms with Crippen molar-refractivity contribution in [2.75, 3.05) is 32.0 Å². The lowest BCUT2D eigenvalue weighted by Crippen LogP contribution is -2.30. The van der Waals surface area contributed by atoms with Gasteiger partial charge in [0.2, 0.25) is 5.91 Å². The summed E-state index contributed by atoms with van der Waals surface area (Å²) in [5.41, 5.74) is 4.14. The molecule has 3 amide bonds. The summed E-state index contributed by atoms with van der Waals surface area (Å²) in [6.45, 7) is 5.90. The van der Waals surface area contributed by atoms with Crippen molar-refractivity contribution in [2.45, 2.75) is 37.3 Å². The molecule has 0 fully saturated rings. The number of aryl methyl sites for hydroxylation is 2. The van der Waals surface area contributed by atoms with Crippen molar-refractivity contribution in [3.63, 3.8) is 0 Å². The van der Waals surface area contributed by atoms with Crippen LogP contribution in [0.2, 0.25) is 0 Å². The smallest absolute Gasteiger partial charge is 0.272 e. The van der Waals surface area contributed by atoms with E-state index in [2.05, 4.69) is 16.0 Å². The molecule has 1 atom stereocenters. The number of para-hydroxylation sites is 1. The molecule has 244 valence electrons. The van der Waals surface area contributed by atoms with Crippen molar-refractivity contribution in [1.82, 2.24) is 5.32 Å². The van der Waals surface area contributed by atoms with Gasteiger partial charge in [-0.05, 0) is 73.9 Å². The molecule has 4 rings (SSSR count). The highest BCUT2D eigenvalue weighted by Crippen LogP contribution is 2.36. The summed E-state index contributed by atoms with van der Waals surface area (Å²) in [7, 11) is 4.51. The lowest BCUT2D eigenvalue weighted by atomic mass is 10.1. The Kier molecular flexibility index (Phi) is 12.1. The van der Waals surface area contributed by atoms with E-state index in [9.17, 15) is 14.4 Å². The molecule has 0 saturated heterocycles. The average Bonchev–Trinajstić information content (AvgIpc) is 3.08. The van der Waals surface area contributed by atoms with Crippen LogP contribution >= 0.6 is 11.8 Å². The Morgan fingerprint density at radius 3 is 2.04 bits per heavy atom. The molecule has 3 N–H and O–H groups in total. The minimum atomic E-state index is -0.562. The Labute approximate surface area is 279 Å². The number of hydrogen-bond acceptors (Lipinski definition) is 7. The Morgan fingerprint density at radius 1 is 0.766 bits per heavy atom. The fourth-order valence-electron chi connectivity index (χ4n) is 4.81. The maximum atomic E-state index is 13.8. The number of hydrogen-bond donors (Lipinski definition) is 3. The first-order valence-corrected chi connectivity index (χ1v) is 15.9. The molecule has 0 radical (unpaired) electrons. The second kappa shape index (κ2) is 16.4. The molecular formula is C37H39N3O6S. The van der Waals surface area contributed by atoms with Crippen LogP contribution in [-0.4, -0.2) is 44.3 Å². The zero-order chi connectivity index (χ0) is 33.9. The summed E-state index contributed by atoms with van der Waals surface area (Å²) in [6.07, 6.45) is 2.12. The number of anilines is 2. The number of amides is 3. The highest BCUT2D eigenvalue weighted by Gasteiger charge is 2.21. The number of rotatable bonds is 13. The number of carbonyl (C=O) groups excluding carboxylic acids is 3. The van der Waals surface area contributed by atoms with Gasteiger partial charge in [-0.3, -0.25) is 14.4 Å². The van der Waals surface area contributed by atoms with E-state index in [0.717, 1.165) is 21.7 Å². The molecular weight excluding hydrogens is 614 g/mol. The second-order valence-corrected chi connectivity index (χ2v) is 11.9. The Balaban J connectivity index is 1.60. The van der Waals surface area contributed by atoms with Crippen LogP contribution < -0.4 is 30.2 Å². The van der Waals surface area contributed by atoms with Gasteiger partial charge >= 0.3 is 0 Å². The summed E-state index contributed by atoms with van der Waals surface area (Å²) in [5, 5.41) is 8.36. The van der Waals surface area contributed by atoms with E-state index >= 15 is 0 Å². The monoisotopic (exact) mass is 653 g/mol. The zero-order valence-electron chi connectivity index (χ0n) is 27.3. The van der Waals surface area contributed by atoms with Crippen molar-refractivity contribution < 1.29 is 28.6 Å². The standard InChI is InChI=1S/C37H39N3O6S/c1-7-33(37(43)40-34-23(2)13-11-14-24(34)3)47-28-18-12-17-27(21-28)38-36(42)29(39-35(41)25-15-9-8-10-16-25)19-26-20-31(45-5)32(46-6)22-30(26)44-4/h8-22,33H,7H2,1-6H3,(H,38,42)(H,39,41)(H,40,43)/b29-19+. The van der Waals surface area contributed by atoms with Crippen LogP contribution in [0.3, 0.4) is 0 Å². The second-order valence-electron chi connectivity index (χ2n) is 10.6. The van der Waals surface area contributed by atoms with Gasteiger partial charge in [0.15, 0.2) is 11.5 Å². The van der Waals surface area contributed by atoms with Crippen molar-refractivity contribution >= 4 is 46.9 Å². The molecule has 0 saturated carbocycles. The maximum Gasteiger partial charge on any atom is 0.272 e. The predicted octanol–water partition coefficient (Wildman–Crippen LogP) is 7.25. The van der Waals surface area contributed by atoms with Crippen LogP contribution in [0.1, 0.15) is 40.4 Å². The van der Waals surface area contributed by atoms with Gasteiger partial charge in [-0.2, -0.15) is 0 Å². The quantitative estimate of drug-likeness (QED) is 0.103. The Morgan fingerprint density at radius 2 is 1.40 bits per heavy atom. The van der Waals surface area contributed by atoms with Gasteiger partial charge < -0.3 is 30.2 Å². The third-order valence-electron chi connectivity index (χ3n) is 7.33. The van der Waals surface area contributed by atoms with Gasteiger partial charge in [0.05, 0.1) is 26.6 Å². The van der Waals surface area contributed by atoms with Crippen LogP contribution in [-0.2, 0) is 9.59 Å². The molecule has 0 bridgehead atoms. The molecule has 4 aromatic rings. The topological polar surface area (TPSA) is 115 Å². The number of carbonyl (C=O) groups is 3. The highest BCUT2D eigenvalue weighted by atomic mass is 32.2. The molecule has 0 aliphatic heterocycles. The summed E-state index contributed by atoms with van der Waals surface area (Å²) in [5.74, 6) is 0.158. The van der Waals surface area contributed by atoms with Crippen LogP contribution in [0.5, 0.6) is 17.2 Å². The number of ether oxygens (including phenoxy) is 3. The molecule has 0 aliphatic rings. The molecule has 0 aromatic heterocycles. The molecule has 9 nitrogen and oxygen atoms in total. The third kappa shape index (κ3) is 8.95. The molecule has 0 spiro atoms. The maximum absolute atomic E-state index is 13.8. The Hall–Kier alpha value is -5.22. The number of methoxy groups -OCH3 is 3. The number of benzene rings is 4. The van der Waals surface area contributed by atoms with Gasteiger partial charge in [-0.15, -0.1) is 11.8 Å². The number of thioether (sulfide) groups is 1. The molecule has 10 heteroatoms. The predicted molar refractivity (Wildman–Crippen MR) is 188 cm³/mol. The zero-order valence-corrected chi connectivity index (χ0v) is 28.1. The van der Waals surface area contributed by atoms with Crippen molar-refractivity contribution in [2.24, 2.45) is 0 Å². The van der Waals surface area contributed by atoms with Gasteiger partial charge in [0.25, 0.3) is 11.8 Å². The minimum absolute atomic E-state index is 0.0261. The minimum Gasteiger partial charge on any atom is -0.496 e. The SMILES string of the molecule is CCC(Sc1cccc(NC(=O)/C(=C\c2cc(OC)c(OC)cc2OC)NC(=O)c2ccccc2)c1)C(=O)Nc1c(C)cccc1C. The van der Waals surface area contributed by atoms with Crippen LogP contribution in [0.15, 0.2) is 95.5 Å². The third-order valence-corrected chi connectivity index (χ3v) is 8.69. The van der Waals surface area contributed by atoms with E-state index in [1.165, 1.54) is 39.2 Å². The van der Waals surface area contributed by atoms with Gasteiger partial charge in [0.1, 0.15) is 11.4 Å². The lowest BCUT2D eigenvalue weighted by Gasteiger charge is -2.18. The summed E-state index contributed by atoms with van der Waals surface area (Å²) < 4.78 is 16.4. The van der Waals surface area contributed by atoms with E-state index < -0.39 is 11.8 Å². The first-order valence-electron chi connectivity index (χ1n) is 15.0. The van der Waals surface area contributed by atoms with Gasteiger partial charge in [-0.1, -0.05) is 49.4 Å². The van der Waals surface area contributed by atoms with E-state index in [1.807, 2.05) is 45.0 Å². The lowest BCUT2D eigenvalue weighted by molar-refractivity contribution is -0.116. The molecule has 47 heavy (non-hydrogen) atoms. The fourth-order valence-corrected chi connectivity index (χ4v) is 5.82. The number of nitrogens with one attached hydrogen (secondary N) is 3. The largest absolute Gasteiger partial charge is 0.496 e. The molecule has 0 aliphatic carbocycles. The summed E-state index contributed by atoms with van der Waals surface area (Å²) in [4.78, 5) is 41.0. The van der Waals surface area contributed by atoms with Crippen LogP contribution in [0, 0.1) is 13.8 Å². The molecule has 4 aromatic carbocycles. The van der Waals surface area contributed by atoms with E-state index in [0.29, 0.717) is 40.5 Å². The van der Waals surface area contributed by atoms with Crippen molar-refractivity contribution in [3.05, 3.63) is 113 Å². The van der Waals surface area contributed by atoms with E-state index in [1.54, 1.807) is 60.7 Å². The van der Waals surface area contributed by atoms with Crippen molar-refractivity contribution in [3.8, 4) is 17.2 Å². The van der Waals surface area contributed by atoms with Crippen molar-refractivity contribution in [1.29, 1.82) is 0 Å². The molecule has 1 unspecified atom stereocenters. The van der Waals surface area contributed by atoms with Crippen LogP contribution in [0.25, 0.3) is 6.08 Å². The highest BCUT2D eigenvalue weighted by molar-refractivity contribution is 8.00. The van der Waals surface area contributed by atoms with Gasteiger partial charge in [-0.25, -0.2) is 0 Å². The fraction of sp³-hybridized carbons (Fsp3) is 0.216. The summed E-state index contributed by atoms with van der Waals surface area (Å²) >= 11 is 1.41. The first-order chi connectivity index (χ1) is 22.7. The van der Waals surface area contributed by atoms with E-state index in [4.69, 9.17) is 14.2 Å². The van der Waals surface area contributed by atoms with E-state index in [-0.39, 0.29) is 16.9 Å². The normalized spacial score (nSPS) is 11.7. The molecule has 0 heterocycles. The Bertz CT molecular complexity index is 1750. The first kappa shape index (κ1) is 34.6. The summed E-state index contributed by atoms with van der Waals surface area (Å²) in [6, 6.07) is 25.0. The average molecular weight is 654 g/mol.